The second kappa shape index (κ2) is 16.2. The molecule has 27 heavy (non-hydrogen) atoms. The largest absolute Gasteiger partial charge is 0.497 e. The van der Waals surface area contributed by atoms with Crippen LogP contribution < -0.4 is 10.1 Å². The van der Waals surface area contributed by atoms with E-state index in [1.54, 1.807) is 7.11 Å². The Morgan fingerprint density at radius 1 is 0.963 bits per heavy atom. The van der Waals surface area contributed by atoms with E-state index in [0.717, 1.165) is 12.2 Å². The van der Waals surface area contributed by atoms with Gasteiger partial charge in [0.15, 0.2) is 0 Å². The molecule has 0 bridgehead atoms. The van der Waals surface area contributed by atoms with Crippen molar-refractivity contribution in [1.29, 1.82) is 0 Å². The van der Waals surface area contributed by atoms with E-state index in [0.29, 0.717) is 6.54 Å². The average Bonchev–Trinajstić information content (AvgIpc) is 2.69. The van der Waals surface area contributed by atoms with Crippen LogP contribution in [0.1, 0.15) is 72.3 Å². The molecule has 3 nitrogen and oxygen atoms in total. The normalized spacial score (nSPS) is 9.56. The lowest BCUT2D eigenvalue weighted by Crippen LogP contribution is -2.22. The third kappa shape index (κ3) is 11.3. The van der Waals surface area contributed by atoms with Gasteiger partial charge in [0.25, 0.3) is 0 Å². The second-order valence-corrected chi connectivity index (χ2v) is 6.59. The number of unbranched alkanes of at least 4 members (excludes halogenated alkanes) is 3. The van der Waals surface area contributed by atoms with Gasteiger partial charge in [-0.3, -0.25) is 4.79 Å². The van der Waals surface area contributed by atoms with E-state index in [4.69, 9.17) is 4.74 Å². The Labute approximate surface area is 166 Å². The van der Waals surface area contributed by atoms with Crippen LogP contribution in [-0.4, -0.2) is 19.6 Å². The van der Waals surface area contributed by atoms with Gasteiger partial charge in [0, 0.05) is 13.5 Å². The molecule has 0 unspecified atom stereocenters. The highest BCUT2D eigenvalue weighted by Gasteiger charge is 2.03. The summed E-state index contributed by atoms with van der Waals surface area (Å²) in [4.78, 5) is 10.9. The first kappa shape index (κ1) is 25.0. The number of rotatable bonds is 7. The molecular weight excluding hydrogens is 334 g/mol. The van der Waals surface area contributed by atoms with Crippen molar-refractivity contribution in [2.75, 3.05) is 13.7 Å². The number of ether oxygens (including phenoxy) is 1. The molecule has 0 saturated heterocycles. The molecular formula is C24H39NO2. The fourth-order valence-corrected chi connectivity index (χ4v) is 2.39. The van der Waals surface area contributed by atoms with Gasteiger partial charge in [-0.25, -0.2) is 0 Å². The van der Waals surface area contributed by atoms with E-state index in [9.17, 15) is 4.79 Å². The summed E-state index contributed by atoms with van der Waals surface area (Å²) in [6.07, 6.45) is 7.54. The van der Waals surface area contributed by atoms with Crippen LogP contribution in [0.2, 0.25) is 0 Å². The number of hydrogen-bond acceptors (Lipinski definition) is 2. The molecule has 3 heteroatoms. The quantitative estimate of drug-likeness (QED) is 0.599. The van der Waals surface area contributed by atoms with E-state index in [1.165, 1.54) is 55.4 Å². The van der Waals surface area contributed by atoms with E-state index in [-0.39, 0.29) is 5.91 Å². The van der Waals surface area contributed by atoms with Crippen molar-refractivity contribution in [2.45, 2.75) is 73.1 Å². The Hall–Kier alpha value is -2.03. The molecule has 0 atom stereocenters. The Morgan fingerprint density at radius 3 is 2.11 bits per heavy atom. The van der Waals surface area contributed by atoms with Crippen molar-refractivity contribution in [3.63, 3.8) is 0 Å². The van der Waals surface area contributed by atoms with Crippen LogP contribution in [0.25, 0.3) is 10.8 Å². The first-order valence-electron chi connectivity index (χ1n) is 10.3. The smallest absolute Gasteiger partial charge is 0.216 e. The molecule has 2 aromatic carbocycles. The number of carbonyl (C=O) groups is 1. The minimum atomic E-state index is 0.00724. The van der Waals surface area contributed by atoms with Gasteiger partial charge in [0.05, 0.1) is 7.11 Å². The minimum absolute atomic E-state index is 0.00724. The van der Waals surface area contributed by atoms with Gasteiger partial charge < -0.3 is 10.1 Å². The number of benzene rings is 2. The van der Waals surface area contributed by atoms with Gasteiger partial charge in [0.1, 0.15) is 5.75 Å². The summed E-state index contributed by atoms with van der Waals surface area (Å²) < 4.78 is 5.25. The van der Waals surface area contributed by atoms with Crippen molar-refractivity contribution in [3.05, 3.63) is 42.0 Å². The van der Waals surface area contributed by atoms with Gasteiger partial charge in [-0.05, 0) is 34.9 Å². The topological polar surface area (TPSA) is 38.3 Å². The fourth-order valence-electron chi connectivity index (χ4n) is 2.39. The van der Waals surface area contributed by atoms with Gasteiger partial charge in [0.2, 0.25) is 5.91 Å². The number of nitrogens with one attached hydrogen (secondary N) is 1. The number of amides is 1. The first-order chi connectivity index (χ1) is 13.0. The lowest BCUT2D eigenvalue weighted by Gasteiger charge is -2.08. The number of fused-ring (bicyclic) bond motifs is 1. The van der Waals surface area contributed by atoms with Gasteiger partial charge in [-0.2, -0.15) is 0 Å². The predicted octanol–water partition coefficient (Wildman–Crippen LogP) is 6.53. The van der Waals surface area contributed by atoms with Crippen molar-refractivity contribution >= 4 is 16.7 Å². The maximum atomic E-state index is 10.9. The lowest BCUT2D eigenvalue weighted by atomic mass is 10.0. The summed E-state index contributed by atoms with van der Waals surface area (Å²) in [5.74, 6) is 0.863. The maximum absolute atomic E-state index is 10.9. The number of carbonyl (C=O) groups excluding carboxylic acids is 1. The summed E-state index contributed by atoms with van der Waals surface area (Å²) in [7, 11) is 1.67. The van der Waals surface area contributed by atoms with Crippen molar-refractivity contribution < 1.29 is 9.53 Å². The third-order valence-electron chi connectivity index (χ3n) is 4.15. The Balaban J connectivity index is 0.000000630. The molecule has 152 valence electrons. The van der Waals surface area contributed by atoms with Gasteiger partial charge >= 0.3 is 0 Å². The molecule has 0 fully saturated rings. The molecule has 1 N–H and O–H groups in total. The standard InChI is InChI=1S/C15H17NO2.C5H12.C4H10/c1-11(17)16-9-8-13-5-3-4-12-6-7-14(18-2)10-15(12)13;1-3-5-4-2;1-3-4-2/h3-7,10H,8-9H2,1-2H3,(H,16,17);3-5H2,1-2H3;3-4H2,1-2H3. The molecule has 0 aliphatic rings. The SMILES string of the molecule is CCCC.CCCCC.COc1ccc2cccc(CCNC(C)=O)c2c1. The summed E-state index contributed by atoms with van der Waals surface area (Å²) in [5.41, 5.74) is 1.22. The van der Waals surface area contributed by atoms with Crippen molar-refractivity contribution in [2.24, 2.45) is 0 Å². The Bertz CT molecular complexity index is 633. The lowest BCUT2D eigenvalue weighted by molar-refractivity contribution is -0.118. The molecule has 0 heterocycles. The zero-order chi connectivity index (χ0) is 20.5. The Kier molecular flexibility index (Phi) is 15.0. The first-order valence-corrected chi connectivity index (χ1v) is 10.3. The van der Waals surface area contributed by atoms with Crippen LogP contribution in [0.5, 0.6) is 5.75 Å². The fraction of sp³-hybridized carbons (Fsp3) is 0.542. The molecule has 1 amide bonds. The molecule has 0 spiro atoms. The van der Waals surface area contributed by atoms with Crippen molar-refractivity contribution in [1.82, 2.24) is 5.32 Å². The van der Waals surface area contributed by atoms with Crippen LogP contribution in [0.3, 0.4) is 0 Å². The van der Waals surface area contributed by atoms with Crippen LogP contribution in [0, 0.1) is 0 Å². The predicted molar refractivity (Wildman–Crippen MR) is 119 cm³/mol. The highest BCUT2D eigenvalue weighted by molar-refractivity contribution is 5.87. The van der Waals surface area contributed by atoms with E-state index in [2.05, 4.69) is 51.2 Å². The van der Waals surface area contributed by atoms with Gasteiger partial charge in [-0.1, -0.05) is 84.1 Å². The Morgan fingerprint density at radius 2 is 1.63 bits per heavy atom. The molecule has 2 rings (SSSR count). The highest BCUT2D eigenvalue weighted by Crippen LogP contribution is 2.24. The monoisotopic (exact) mass is 373 g/mol. The van der Waals surface area contributed by atoms with Crippen LogP contribution in [0.15, 0.2) is 36.4 Å². The minimum Gasteiger partial charge on any atom is -0.497 e. The summed E-state index contributed by atoms with van der Waals surface area (Å²) in [6, 6.07) is 12.3. The van der Waals surface area contributed by atoms with Gasteiger partial charge in [-0.15, -0.1) is 0 Å². The molecule has 0 aliphatic heterocycles. The van der Waals surface area contributed by atoms with Crippen LogP contribution >= 0.6 is 0 Å². The molecule has 0 saturated carbocycles. The van der Waals surface area contributed by atoms with E-state index in [1.807, 2.05) is 18.2 Å². The molecule has 0 aliphatic carbocycles. The van der Waals surface area contributed by atoms with Crippen LogP contribution in [0.4, 0.5) is 0 Å². The highest BCUT2D eigenvalue weighted by atomic mass is 16.5. The second-order valence-electron chi connectivity index (χ2n) is 6.59. The van der Waals surface area contributed by atoms with Crippen molar-refractivity contribution in [3.8, 4) is 5.75 Å². The molecule has 0 radical (unpaired) electrons. The molecule has 2 aromatic rings. The maximum Gasteiger partial charge on any atom is 0.216 e. The zero-order valence-corrected chi connectivity index (χ0v) is 18.2. The molecule has 0 aromatic heterocycles. The van der Waals surface area contributed by atoms with Crippen LogP contribution in [-0.2, 0) is 11.2 Å². The summed E-state index contributed by atoms with van der Waals surface area (Å²) >= 11 is 0. The summed E-state index contributed by atoms with van der Waals surface area (Å²) in [6.45, 7) is 11.0. The zero-order valence-electron chi connectivity index (χ0n) is 18.2. The summed E-state index contributed by atoms with van der Waals surface area (Å²) in [5, 5.41) is 5.19. The van der Waals surface area contributed by atoms with E-state index < -0.39 is 0 Å². The third-order valence-corrected chi connectivity index (χ3v) is 4.15. The average molecular weight is 374 g/mol. The van der Waals surface area contributed by atoms with E-state index >= 15 is 0 Å². The number of hydrogen-bond donors (Lipinski definition) is 1. The number of methoxy groups -OCH3 is 1.